The molecule has 0 heterocycles. The summed E-state index contributed by atoms with van der Waals surface area (Å²) in [6.45, 7) is 9.76. The summed E-state index contributed by atoms with van der Waals surface area (Å²) >= 11 is 0. The first-order valence-electron chi connectivity index (χ1n) is 7.57. The Bertz CT molecular complexity index is 444. The minimum absolute atomic E-state index is 0.0184. The summed E-state index contributed by atoms with van der Waals surface area (Å²) in [4.78, 5) is 11.7. The van der Waals surface area contributed by atoms with Gasteiger partial charge in [-0.3, -0.25) is 4.79 Å². The molecule has 0 saturated carbocycles. The van der Waals surface area contributed by atoms with Gasteiger partial charge in [0.25, 0.3) is 0 Å². The number of ether oxygens (including phenoxy) is 2. The first-order valence-corrected chi connectivity index (χ1v) is 7.57. The number of rotatable bonds is 9. The lowest BCUT2D eigenvalue weighted by molar-refractivity contribution is -0.121. The Labute approximate surface area is 127 Å². The molecule has 1 amide bonds. The highest BCUT2D eigenvalue weighted by atomic mass is 16.5. The van der Waals surface area contributed by atoms with Gasteiger partial charge in [-0.25, -0.2) is 0 Å². The number of aryl methyl sites for hydroxylation is 2. The van der Waals surface area contributed by atoms with Crippen molar-refractivity contribution in [2.75, 3.05) is 19.8 Å². The minimum atomic E-state index is 0.0184. The Morgan fingerprint density at radius 2 is 2.00 bits per heavy atom. The fraction of sp³-hybridized carbons (Fsp3) is 0.588. The molecular formula is C17H27NO3. The van der Waals surface area contributed by atoms with E-state index in [2.05, 4.69) is 5.32 Å². The molecule has 21 heavy (non-hydrogen) atoms. The monoisotopic (exact) mass is 293 g/mol. The zero-order chi connectivity index (χ0) is 15.7. The third-order valence-corrected chi connectivity index (χ3v) is 3.02. The van der Waals surface area contributed by atoms with E-state index in [-0.39, 0.29) is 12.0 Å². The summed E-state index contributed by atoms with van der Waals surface area (Å²) in [6.07, 6.45) is 1.45. The van der Waals surface area contributed by atoms with E-state index in [1.54, 1.807) is 0 Å². The number of carbonyl (C=O) groups is 1. The van der Waals surface area contributed by atoms with Gasteiger partial charge in [-0.15, -0.1) is 0 Å². The van der Waals surface area contributed by atoms with E-state index in [4.69, 9.17) is 9.47 Å². The van der Waals surface area contributed by atoms with Crippen LogP contribution >= 0.6 is 0 Å². The maximum absolute atomic E-state index is 11.7. The van der Waals surface area contributed by atoms with Crippen LogP contribution in [-0.4, -0.2) is 31.8 Å². The van der Waals surface area contributed by atoms with Gasteiger partial charge in [0.05, 0.1) is 19.1 Å². The smallest absolute Gasteiger partial charge is 0.223 e. The van der Waals surface area contributed by atoms with Crippen molar-refractivity contribution in [1.29, 1.82) is 0 Å². The Morgan fingerprint density at radius 1 is 1.24 bits per heavy atom. The average Bonchev–Trinajstić information content (AvgIpc) is 2.42. The van der Waals surface area contributed by atoms with Crippen LogP contribution in [0.4, 0.5) is 0 Å². The number of nitrogens with one attached hydrogen (secondary N) is 1. The molecule has 0 atom stereocenters. The van der Waals surface area contributed by atoms with Gasteiger partial charge >= 0.3 is 0 Å². The summed E-state index contributed by atoms with van der Waals surface area (Å²) in [5, 5.41) is 2.87. The van der Waals surface area contributed by atoms with E-state index in [1.807, 2.05) is 45.9 Å². The Kier molecular flexibility index (Phi) is 7.83. The molecule has 1 aromatic rings. The van der Waals surface area contributed by atoms with Crippen molar-refractivity contribution in [3.63, 3.8) is 0 Å². The maximum atomic E-state index is 11.7. The van der Waals surface area contributed by atoms with Crippen LogP contribution in [0.3, 0.4) is 0 Å². The van der Waals surface area contributed by atoms with Crippen LogP contribution in [0.25, 0.3) is 0 Å². The van der Waals surface area contributed by atoms with Gasteiger partial charge in [0.1, 0.15) is 5.75 Å². The molecule has 0 radical (unpaired) electrons. The van der Waals surface area contributed by atoms with Crippen molar-refractivity contribution in [2.24, 2.45) is 0 Å². The number of hydrogen-bond donors (Lipinski definition) is 1. The predicted molar refractivity (Wildman–Crippen MR) is 84.7 cm³/mol. The Hall–Kier alpha value is -1.55. The zero-order valence-corrected chi connectivity index (χ0v) is 13.6. The molecule has 0 saturated heterocycles. The van der Waals surface area contributed by atoms with Gasteiger partial charge in [-0.05, 0) is 51.3 Å². The van der Waals surface area contributed by atoms with Crippen LogP contribution in [0.5, 0.6) is 5.75 Å². The summed E-state index contributed by atoms with van der Waals surface area (Å²) in [5.74, 6) is 0.873. The highest BCUT2D eigenvalue weighted by Crippen LogP contribution is 2.19. The summed E-state index contributed by atoms with van der Waals surface area (Å²) in [6, 6.07) is 6.07. The molecule has 4 heteroatoms. The van der Waals surface area contributed by atoms with Crippen LogP contribution in [0, 0.1) is 13.8 Å². The fourth-order valence-corrected chi connectivity index (χ4v) is 1.82. The zero-order valence-electron chi connectivity index (χ0n) is 13.6. The van der Waals surface area contributed by atoms with Crippen LogP contribution in [0.15, 0.2) is 18.2 Å². The molecule has 1 aromatic carbocycles. The molecule has 0 aliphatic rings. The van der Waals surface area contributed by atoms with E-state index in [9.17, 15) is 4.79 Å². The molecule has 118 valence electrons. The van der Waals surface area contributed by atoms with Crippen LogP contribution in [0.1, 0.15) is 37.8 Å². The van der Waals surface area contributed by atoms with Gasteiger partial charge in [0, 0.05) is 13.2 Å². The molecular weight excluding hydrogens is 266 g/mol. The van der Waals surface area contributed by atoms with E-state index in [0.717, 1.165) is 23.3 Å². The van der Waals surface area contributed by atoms with Crippen molar-refractivity contribution in [3.05, 3.63) is 29.3 Å². The highest BCUT2D eigenvalue weighted by Gasteiger charge is 2.04. The Morgan fingerprint density at radius 3 is 2.71 bits per heavy atom. The standard InChI is InChI=1S/C17H27NO3/c1-13(2)20-10-5-9-18-17(19)8-11-21-16-12-14(3)6-7-15(16)4/h6-7,12-13H,5,8-11H2,1-4H3,(H,18,19). The average molecular weight is 293 g/mol. The number of hydrogen-bond acceptors (Lipinski definition) is 3. The minimum Gasteiger partial charge on any atom is -0.493 e. The third-order valence-electron chi connectivity index (χ3n) is 3.02. The van der Waals surface area contributed by atoms with E-state index < -0.39 is 0 Å². The third kappa shape index (κ3) is 7.71. The van der Waals surface area contributed by atoms with E-state index >= 15 is 0 Å². The highest BCUT2D eigenvalue weighted by molar-refractivity contribution is 5.75. The number of amides is 1. The second-order valence-corrected chi connectivity index (χ2v) is 5.49. The summed E-state index contributed by atoms with van der Waals surface area (Å²) in [5.41, 5.74) is 2.25. The van der Waals surface area contributed by atoms with Gasteiger partial charge in [-0.2, -0.15) is 0 Å². The molecule has 0 bridgehead atoms. The molecule has 0 aliphatic heterocycles. The quantitative estimate of drug-likeness (QED) is 0.712. The van der Waals surface area contributed by atoms with Crippen molar-refractivity contribution < 1.29 is 14.3 Å². The topological polar surface area (TPSA) is 47.6 Å². The summed E-state index contributed by atoms with van der Waals surface area (Å²) in [7, 11) is 0. The molecule has 0 spiro atoms. The van der Waals surface area contributed by atoms with Crippen molar-refractivity contribution in [1.82, 2.24) is 5.32 Å². The van der Waals surface area contributed by atoms with Crippen molar-refractivity contribution in [2.45, 2.75) is 46.6 Å². The lowest BCUT2D eigenvalue weighted by Gasteiger charge is -2.10. The molecule has 0 unspecified atom stereocenters. The van der Waals surface area contributed by atoms with Crippen molar-refractivity contribution in [3.8, 4) is 5.75 Å². The molecule has 0 fully saturated rings. The van der Waals surface area contributed by atoms with E-state index in [1.165, 1.54) is 0 Å². The molecule has 0 aromatic heterocycles. The first-order chi connectivity index (χ1) is 9.99. The molecule has 1 N–H and O–H groups in total. The van der Waals surface area contributed by atoms with Gasteiger partial charge in [0.15, 0.2) is 0 Å². The van der Waals surface area contributed by atoms with Gasteiger partial charge in [0.2, 0.25) is 5.91 Å². The number of carbonyl (C=O) groups excluding carboxylic acids is 1. The van der Waals surface area contributed by atoms with E-state index in [0.29, 0.717) is 26.2 Å². The SMILES string of the molecule is Cc1ccc(C)c(OCCC(=O)NCCCOC(C)C)c1. The van der Waals surface area contributed by atoms with Crippen molar-refractivity contribution >= 4 is 5.91 Å². The normalized spacial score (nSPS) is 10.7. The fourth-order valence-electron chi connectivity index (χ4n) is 1.82. The lowest BCUT2D eigenvalue weighted by atomic mass is 10.1. The molecule has 4 nitrogen and oxygen atoms in total. The largest absolute Gasteiger partial charge is 0.493 e. The van der Waals surface area contributed by atoms with Crippen LogP contribution < -0.4 is 10.1 Å². The predicted octanol–water partition coefficient (Wildman–Crippen LogP) is 3.00. The lowest BCUT2D eigenvalue weighted by Crippen LogP contribution is -2.26. The van der Waals surface area contributed by atoms with Crippen LogP contribution in [-0.2, 0) is 9.53 Å². The maximum Gasteiger partial charge on any atom is 0.223 e. The van der Waals surface area contributed by atoms with Gasteiger partial charge in [-0.1, -0.05) is 12.1 Å². The van der Waals surface area contributed by atoms with Crippen LogP contribution in [0.2, 0.25) is 0 Å². The first kappa shape index (κ1) is 17.5. The number of benzene rings is 1. The summed E-state index contributed by atoms with van der Waals surface area (Å²) < 4.78 is 11.1. The Balaban J connectivity index is 2.14. The van der Waals surface area contributed by atoms with Gasteiger partial charge < -0.3 is 14.8 Å². The second kappa shape index (κ2) is 9.40. The second-order valence-electron chi connectivity index (χ2n) is 5.49. The molecule has 1 rings (SSSR count). The molecule has 0 aliphatic carbocycles.